The summed E-state index contributed by atoms with van der Waals surface area (Å²) in [6.07, 6.45) is 1.21. The maximum atomic E-state index is 12.7. The molecule has 0 radical (unpaired) electrons. The number of aliphatic hydroxyl groups excluding tert-OH is 1. The fraction of sp³-hybridized carbons (Fsp3) is 0.381. The Balaban J connectivity index is 2.07. The van der Waals surface area contributed by atoms with E-state index in [9.17, 15) is 14.4 Å². The molecule has 0 aromatic heterocycles. The molecule has 7 heteroatoms. The maximum Gasteiger partial charge on any atom is 0.228 e. The lowest BCUT2D eigenvalue weighted by atomic mass is 9.88. The van der Waals surface area contributed by atoms with Crippen LogP contribution < -0.4 is 5.32 Å². The van der Waals surface area contributed by atoms with Crippen LogP contribution in [-0.4, -0.2) is 50.0 Å². The zero-order chi connectivity index (χ0) is 20.7. The van der Waals surface area contributed by atoms with Crippen molar-refractivity contribution >= 4 is 17.5 Å². The fourth-order valence-electron chi connectivity index (χ4n) is 2.97. The van der Waals surface area contributed by atoms with Gasteiger partial charge < -0.3 is 19.9 Å². The van der Waals surface area contributed by atoms with Crippen molar-refractivity contribution in [1.29, 1.82) is 0 Å². The van der Waals surface area contributed by atoms with Gasteiger partial charge in [-0.2, -0.15) is 0 Å². The molecule has 0 saturated heterocycles. The minimum absolute atomic E-state index is 0.0661. The molecule has 0 unspecified atom stereocenters. The van der Waals surface area contributed by atoms with E-state index in [2.05, 4.69) is 5.32 Å². The van der Waals surface area contributed by atoms with Gasteiger partial charge in [0.1, 0.15) is 0 Å². The summed E-state index contributed by atoms with van der Waals surface area (Å²) < 4.78 is 10.1. The normalized spacial score (nSPS) is 14.4. The lowest BCUT2D eigenvalue weighted by molar-refractivity contribution is -0.121. The van der Waals surface area contributed by atoms with Crippen molar-refractivity contribution in [3.05, 3.63) is 58.1 Å². The summed E-state index contributed by atoms with van der Waals surface area (Å²) in [5.41, 5.74) is 2.60. The van der Waals surface area contributed by atoms with Crippen LogP contribution in [0.25, 0.3) is 0 Å². The molecule has 1 aliphatic carbocycles. The molecule has 1 aliphatic rings. The molecular weight excluding hydrogens is 362 g/mol. The fourth-order valence-corrected chi connectivity index (χ4v) is 2.97. The first-order valence-corrected chi connectivity index (χ1v) is 8.99. The lowest BCUT2D eigenvalue weighted by Gasteiger charge is -2.20. The summed E-state index contributed by atoms with van der Waals surface area (Å²) in [5.74, 6) is -0.944. The summed E-state index contributed by atoms with van der Waals surface area (Å²) in [7, 11) is 2.67. The SMILES string of the molecule is COC1=C(OC)C(=O)C(Cc2ccc(CCC(=O)NCCO)cc2)=C(C)C1=O. The van der Waals surface area contributed by atoms with E-state index in [4.69, 9.17) is 14.6 Å². The molecule has 7 nitrogen and oxygen atoms in total. The number of carbonyl (C=O) groups excluding carboxylic acids is 3. The Morgan fingerprint density at radius 1 is 1.00 bits per heavy atom. The number of carbonyl (C=O) groups is 3. The van der Waals surface area contributed by atoms with Crippen LogP contribution in [0.5, 0.6) is 0 Å². The third-order valence-electron chi connectivity index (χ3n) is 4.57. The van der Waals surface area contributed by atoms with Gasteiger partial charge in [0.05, 0.1) is 20.8 Å². The lowest BCUT2D eigenvalue weighted by Crippen LogP contribution is -2.26. The van der Waals surface area contributed by atoms with Crippen LogP contribution in [-0.2, 0) is 36.7 Å². The predicted octanol–water partition coefficient (Wildman–Crippen LogP) is 1.24. The van der Waals surface area contributed by atoms with Crippen LogP contribution in [0.1, 0.15) is 24.5 Å². The highest BCUT2D eigenvalue weighted by atomic mass is 16.5. The summed E-state index contributed by atoms with van der Waals surface area (Å²) in [5, 5.41) is 11.3. The topological polar surface area (TPSA) is 102 Å². The molecule has 0 heterocycles. The first-order valence-electron chi connectivity index (χ1n) is 8.99. The summed E-state index contributed by atoms with van der Waals surface area (Å²) in [4.78, 5) is 36.7. The molecule has 2 rings (SSSR count). The van der Waals surface area contributed by atoms with Gasteiger partial charge in [-0.1, -0.05) is 24.3 Å². The van der Waals surface area contributed by atoms with Gasteiger partial charge in [0.2, 0.25) is 29.0 Å². The second-order valence-corrected chi connectivity index (χ2v) is 6.40. The van der Waals surface area contributed by atoms with Crippen molar-refractivity contribution in [2.75, 3.05) is 27.4 Å². The van der Waals surface area contributed by atoms with E-state index in [0.717, 1.165) is 11.1 Å². The van der Waals surface area contributed by atoms with E-state index in [1.165, 1.54) is 14.2 Å². The number of aliphatic hydroxyl groups is 1. The number of amides is 1. The monoisotopic (exact) mass is 387 g/mol. The van der Waals surface area contributed by atoms with Crippen LogP contribution in [0.3, 0.4) is 0 Å². The van der Waals surface area contributed by atoms with Crippen molar-refractivity contribution in [2.45, 2.75) is 26.2 Å². The van der Waals surface area contributed by atoms with Crippen molar-refractivity contribution in [3.8, 4) is 0 Å². The zero-order valence-electron chi connectivity index (χ0n) is 16.3. The molecular formula is C21H25NO6. The zero-order valence-corrected chi connectivity index (χ0v) is 16.3. The highest BCUT2D eigenvalue weighted by Crippen LogP contribution is 2.28. The van der Waals surface area contributed by atoms with E-state index in [1.807, 2.05) is 24.3 Å². The molecule has 0 fully saturated rings. The second-order valence-electron chi connectivity index (χ2n) is 6.40. The van der Waals surface area contributed by atoms with Crippen LogP contribution >= 0.6 is 0 Å². The molecule has 0 atom stereocenters. The van der Waals surface area contributed by atoms with Gasteiger partial charge >= 0.3 is 0 Å². The van der Waals surface area contributed by atoms with Crippen molar-refractivity contribution in [3.63, 3.8) is 0 Å². The molecule has 0 bridgehead atoms. The Bertz CT molecular complexity index is 820. The Morgan fingerprint density at radius 3 is 2.14 bits per heavy atom. The number of Topliss-reactive ketones (excluding diaryl/α,β-unsaturated/α-hetero) is 2. The van der Waals surface area contributed by atoms with Gasteiger partial charge in [0.25, 0.3) is 0 Å². The maximum absolute atomic E-state index is 12.7. The Morgan fingerprint density at radius 2 is 1.57 bits per heavy atom. The van der Waals surface area contributed by atoms with Gasteiger partial charge in [0, 0.05) is 30.5 Å². The van der Waals surface area contributed by atoms with Gasteiger partial charge in [-0.3, -0.25) is 14.4 Å². The van der Waals surface area contributed by atoms with Crippen LogP contribution in [0.4, 0.5) is 0 Å². The van der Waals surface area contributed by atoms with Gasteiger partial charge in [-0.15, -0.1) is 0 Å². The van der Waals surface area contributed by atoms with Crippen molar-refractivity contribution in [2.24, 2.45) is 0 Å². The number of allylic oxidation sites excluding steroid dienone is 2. The average Bonchev–Trinajstić information content (AvgIpc) is 2.71. The third kappa shape index (κ3) is 4.86. The highest BCUT2D eigenvalue weighted by Gasteiger charge is 2.34. The van der Waals surface area contributed by atoms with Crippen molar-refractivity contribution < 1.29 is 29.0 Å². The van der Waals surface area contributed by atoms with E-state index >= 15 is 0 Å². The van der Waals surface area contributed by atoms with E-state index < -0.39 is 0 Å². The number of rotatable bonds is 9. The number of benzene rings is 1. The van der Waals surface area contributed by atoms with Gasteiger partial charge in [-0.05, 0) is 24.5 Å². The standard InChI is InChI=1S/C21H25NO6/c1-13-16(19(26)21(28-3)20(27-2)18(13)25)12-15-6-4-14(5-7-15)8-9-17(24)22-10-11-23/h4-7,23H,8-12H2,1-3H3,(H,22,24). The summed E-state index contributed by atoms with van der Waals surface area (Å²) in [6.45, 7) is 1.78. The van der Waals surface area contributed by atoms with Crippen LogP contribution in [0, 0.1) is 0 Å². The van der Waals surface area contributed by atoms with E-state index in [-0.39, 0.29) is 42.1 Å². The quantitative estimate of drug-likeness (QED) is 0.618. The molecule has 28 heavy (non-hydrogen) atoms. The summed E-state index contributed by atoms with van der Waals surface area (Å²) >= 11 is 0. The highest BCUT2D eigenvalue weighted by molar-refractivity contribution is 6.23. The number of hydrogen-bond donors (Lipinski definition) is 2. The number of ether oxygens (including phenoxy) is 2. The average molecular weight is 387 g/mol. The van der Waals surface area contributed by atoms with E-state index in [0.29, 0.717) is 30.4 Å². The number of hydrogen-bond acceptors (Lipinski definition) is 6. The first kappa shape index (κ1) is 21.4. The molecule has 0 aliphatic heterocycles. The molecule has 1 aromatic carbocycles. The molecule has 1 amide bonds. The molecule has 0 spiro atoms. The summed E-state index contributed by atoms with van der Waals surface area (Å²) in [6, 6.07) is 7.54. The Labute approximate surface area is 164 Å². The Hall–Kier alpha value is -2.93. The first-order chi connectivity index (χ1) is 13.4. The number of methoxy groups -OCH3 is 2. The number of nitrogens with one attached hydrogen (secondary N) is 1. The largest absolute Gasteiger partial charge is 0.489 e. The van der Waals surface area contributed by atoms with Gasteiger partial charge in [-0.25, -0.2) is 0 Å². The molecule has 2 N–H and O–H groups in total. The van der Waals surface area contributed by atoms with E-state index in [1.54, 1.807) is 6.92 Å². The van der Waals surface area contributed by atoms with Crippen molar-refractivity contribution in [1.82, 2.24) is 5.32 Å². The molecule has 150 valence electrons. The third-order valence-corrected chi connectivity index (χ3v) is 4.57. The number of ketones is 2. The smallest absolute Gasteiger partial charge is 0.228 e. The second kappa shape index (κ2) is 9.85. The molecule has 1 aromatic rings. The predicted molar refractivity (Wildman–Crippen MR) is 102 cm³/mol. The number of aryl methyl sites for hydroxylation is 1. The minimum Gasteiger partial charge on any atom is -0.489 e. The Kier molecular flexibility index (Phi) is 7.52. The van der Waals surface area contributed by atoms with Gasteiger partial charge in [0.15, 0.2) is 0 Å². The van der Waals surface area contributed by atoms with Crippen LogP contribution in [0.2, 0.25) is 0 Å². The molecule has 0 saturated carbocycles. The minimum atomic E-state index is -0.348. The van der Waals surface area contributed by atoms with Crippen LogP contribution in [0.15, 0.2) is 46.9 Å².